The monoisotopic (exact) mass is 236 g/mol. The molecule has 4 fully saturated rings. The Morgan fingerprint density at radius 3 is 2.47 bits per heavy atom. The summed E-state index contributed by atoms with van der Waals surface area (Å²) in [6.07, 6.45) is 6.19. The fraction of sp³-hybridized carbons (Fsp3) is 1.00. The maximum Gasteiger partial charge on any atom is 0.0742 e. The van der Waals surface area contributed by atoms with E-state index in [9.17, 15) is 0 Å². The molecule has 2 heteroatoms. The molecule has 0 aromatic heterocycles. The van der Waals surface area contributed by atoms with Gasteiger partial charge in [-0.25, -0.2) is 0 Å². The maximum atomic E-state index is 6.37. The van der Waals surface area contributed by atoms with Crippen LogP contribution in [-0.2, 0) is 9.47 Å². The van der Waals surface area contributed by atoms with Crippen molar-refractivity contribution in [2.24, 2.45) is 23.2 Å². The van der Waals surface area contributed by atoms with Crippen molar-refractivity contribution in [1.82, 2.24) is 0 Å². The van der Waals surface area contributed by atoms with Crippen molar-refractivity contribution >= 4 is 0 Å². The number of ether oxygens (including phenoxy) is 2. The first-order valence-electron chi connectivity index (χ1n) is 7.38. The first-order chi connectivity index (χ1) is 8.08. The summed E-state index contributed by atoms with van der Waals surface area (Å²) in [6, 6.07) is 0. The van der Waals surface area contributed by atoms with Gasteiger partial charge in [0.15, 0.2) is 0 Å². The highest BCUT2D eigenvalue weighted by molar-refractivity contribution is 5.19. The van der Waals surface area contributed by atoms with E-state index >= 15 is 0 Å². The van der Waals surface area contributed by atoms with Gasteiger partial charge >= 0.3 is 0 Å². The van der Waals surface area contributed by atoms with Gasteiger partial charge in [0.1, 0.15) is 0 Å². The zero-order valence-corrected chi connectivity index (χ0v) is 11.2. The Morgan fingerprint density at radius 1 is 1.06 bits per heavy atom. The maximum absolute atomic E-state index is 6.37. The molecule has 6 atom stereocenters. The molecule has 0 aromatic carbocycles. The predicted molar refractivity (Wildman–Crippen MR) is 65.7 cm³/mol. The first kappa shape index (κ1) is 10.8. The van der Waals surface area contributed by atoms with E-state index in [1.807, 2.05) is 0 Å². The van der Waals surface area contributed by atoms with Crippen molar-refractivity contribution in [2.75, 3.05) is 6.61 Å². The van der Waals surface area contributed by atoms with Gasteiger partial charge in [-0.3, -0.25) is 0 Å². The largest absolute Gasteiger partial charge is 0.374 e. The molecule has 0 N–H and O–H groups in total. The van der Waals surface area contributed by atoms with Crippen LogP contribution in [0, 0.1) is 23.2 Å². The minimum Gasteiger partial charge on any atom is -0.374 e. The van der Waals surface area contributed by atoms with Gasteiger partial charge in [0.05, 0.1) is 24.4 Å². The molecule has 1 aliphatic carbocycles. The van der Waals surface area contributed by atoms with Crippen LogP contribution < -0.4 is 0 Å². The Hall–Kier alpha value is -0.0800. The van der Waals surface area contributed by atoms with Crippen LogP contribution in [-0.4, -0.2) is 24.4 Å². The van der Waals surface area contributed by atoms with E-state index in [0.717, 1.165) is 12.5 Å². The van der Waals surface area contributed by atoms with Crippen molar-refractivity contribution in [3.63, 3.8) is 0 Å². The SMILES string of the molecule is CC1C(C)C2OC1C1C3(CCCC3)OCC21C. The van der Waals surface area contributed by atoms with Crippen LogP contribution in [0.3, 0.4) is 0 Å². The molecule has 3 heterocycles. The molecule has 0 amide bonds. The van der Waals surface area contributed by atoms with E-state index in [-0.39, 0.29) is 5.60 Å². The summed E-state index contributed by atoms with van der Waals surface area (Å²) in [6.45, 7) is 8.13. The molecular weight excluding hydrogens is 212 g/mol. The topological polar surface area (TPSA) is 18.5 Å². The second kappa shape index (κ2) is 3.08. The molecule has 3 aliphatic heterocycles. The Morgan fingerprint density at radius 2 is 1.76 bits per heavy atom. The summed E-state index contributed by atoms with van der Waals surface area (Å²) in [4.78, 5) is 0. The fourth-order valence-electron chi connectivity index (χ4n) is 5.57. The molecule has 1 saturated carbocycles. The van der Waals surface area contributed by atoms with E-state index in [1.165, 1.54) is 25.7 Å². The molecule has 2 nitrogen and oxygen atoms in total. The molecule has 3 saturated heterocycles. The molecule has 6 unspecified atom stereocenters. The molecular formula is C15H24O2. The summed E-state index contributed by atoms with van der Waals surface area (Å²) < 4.78 is 12.7. The lowest BCUT2D eigenvalue weighted by atomic mass is 9.58. The lowest BCUT2D eigenvalue weighted by molar-refractivity contribution is -0.0621. The summed E-state index contributed by atoms with van der Waals surface area (Å²) in [7, 11) is 0. The van der Waals surface area contributed by atoms with Crippen LogP contribution in [0.4, 0.5) is 0 Å². The summed E-state index contributed by atoms with van der Waals surface area (Å²) in [5, 5.41) is 0. The zero-order valence-electron chi connectivity index (χ0n) is 11.2. The molecule has 2 bridgehead atoms. The van der Waals surface area contributed by atoms with Gasteiger partial charge in [0, 0.05) is 11.3 Å². The van der Waals surface area contributed by atoms with Crippen LogP contribution in [0.1, 0.15) is 46.5 Å². The van der Waals surface area contributed by atoms with Crippen LogP contribution in [0.5, 0.6) is 0 Å². The van der Waals surface area contributed by atoms with Crippen LogP contribution in [0.25, 0.3) is 0 Å². The highest BCUT2D eigenvalue weighted by atomic mass is 16.5. The minimum atomic E-state index is 0.197. The number of hydrogen-bond acceptors (Lipinski definition) is 2. The zero-order chi connectivity index (χ0) is 11.8. The van der Waals surface area contributed by atoms with Crippen LogP contribution in [0.2, 0.25) is 0 Å². The molecule has 17 heavy (non-hydrogen) atoms. The van der Waals surface area contributed by atoms with Crippen molar-refractivity contribution in [3.05, 3.63) is 0 Å². The third-order valence-corrected chi connectivity index (χ3v) is 6.51. The van der Waals surface area contributed by atoms with E-state index in [1.54, 1.807) is 0 Å². The average molecular weight is 236 g/mol. The van der Waals surface area contributed by atoms with Gasteiger partial charge in [0.2, 0.25) is 0 Å². The average Bonchev–Trinajstić information content (AvgIpc) is 2.99. The lowest BCUT2D eigenvalue weighted by Gasteiger charge is -2.42. The number of hydrogen-bond donors (Lipinski definition) is 0. The standard InChI is InChI=1S/C15H24O2/c1-9-10(2)13-14(3)8-16-15(6-4-5-7-15)12(14)11(9)17-13/h9-13H,4-8H2,1-3H3. The Kier molecular flexibility index (Phi) is 1.96. The number of fused-ring (bicyclic) bond motifs is 6. The Balaban J connectivity index is 1.77. The Bertz CT molecular complexity index is 347. The number of rotatable bonds is 0. The van der Waals surface area contributed by atoms with Gasteiger partial charge in [-0.2, -0.15) is 0 Å². The van der Waals surface area contributed by atoms with E-state index in [4.69, 9.17) is 9.47 Å². The second-order valence-electron chi connectivity index (χ2n) is 7.28. The summed E-state index contributed by atoms with van der Waals surface area (Å²) >= 11 is 0. The van der Waals surface area contributed by atoms with Crippen molar-refractivity contribution in [3.8, 4) is 0 Å². The smallest absolute Gasteiger partial charge is 0.0742 e. The predicted octanol–water partition coefficient (Wildman–Crippen LogP) is 3.01. The van der Waals surface area contributed by atoms with Crippen LogP contribution >= 0.6 is 0 Å². The van der Waals surface area contributed by atoms with E-state index in [2.05, 4.69) is 20.8 Å². The Labute approximate surface area is 104 Å². The molecule has 0 radical (unpaired) electrons. The third-order valence-electron chi connectivity index (χ3n) is 6.51. The fourth-order valence-corrected chi connectivity index (χ4v) is 5.57. The highest BCUT2D eigenvalue weighted by Crippen LogP contribution is 2.66. The highest BCUT2D eigenvalue weighted by Gasteiger charge is 2.72. The quantitative estimate of drug-likeness (QED) is 0.643. The molecule has 1 spiro atoms. The van der Waals surface area contributed by atoms with Crippen molar-refractivity contribution < 1.29 is 9.47 Å². The first-order valence-corrected chi connectivity index (χ1v) is 7.38. The third kappa shape index (κ3) is 1.06. The second-order valence-corrected chi connectivity index (χ2v) is 7.28. The van der Waals surface area contributed by atoms with Crippen molar-refractivity contribution in [1.29, 1.82) is 0 Å². The normalized spacial score (nSPS) is 59.1. The summed E-state index contributed by atoms with van der Waals surface area (Å²) in [5.74, 6) is 2.10. The van der Waals surface area contributed by atoms with Gasteiger partial charge in [0.25, 0.3) is 0 Å². The summed E-state index contributed by atoms with van der Waals surface area (Å²) in [5.41, 5.74) is 0.503. The molecule has 4 aliphatic rings. The van der Waals surface area contributed by atoms with Gasteiger partial charge in [-0.1, -0.05) is 33.6 Å². The van der Waals surface area contributed by atoms with Gasteiger partial charge in [-0.05, 0) is 24.7 Å². The van der Waals surface area contributed by atoms with Gasteiger partial charge < -0.3 is 9.47 Å². The molecule has 0 aromatic rings. The minimum absolute atomic E-state index is 0.197. The van der Waals surface area contributed by atoms with E-state index in [0.29, 0.717) is 29.5 Å². The molecule has 4 rings (SSSR count). The van der Waals surface area contributed by atoms with Gasteiger partial charge in [-0.15, -0.1) is 0 Å². The van der Waals surface area contributed by atoms with E-state index < -0.39 is 0 Å². The molecule has 96 valence electrons. The van der Waals surface area contributed by atoms with Crippen LogP contribution in [0.15, 0.2) is 0 Å². The van der Waals surface area contributed by atoms with Crippen molar-refractivity contribution in [2.45, 2.75) is 64.3 Å². The lowest BCUT2D eigenvalue weighted by Crippen LogP contribution is -2.49.